The first-order chi connectivity index (χ1) is 16.4. The molecule has 0 aliphatic heterocycles. The number of nitrogens with one attached hydrogen (secondary N) is 1. The van der Waals surface area contributed by atoms with Crippen LogP contribution in [0.3, 0.4) is 0 Å². The zero-order valence-corrected chi connectivity index (χ0v) is 19.1. The first-order valence-electron chi connectivity index (χ1n) is 10.8. The lowest BCUT2D eigenvalue weighted by Crippen LogP contribution is -2.17. The van der Waals surface area contributed by atoms with Crippen LogP contribution in [-0.2, 0) is 9.63 Å². The van der Waals surface area contributed by atoms with E-state index in [4.69, 9.17) is 4.84 Å². The van der Waals surface area contributed by atoms with E-state index in [0.717, 1.165) is 22.3 Å². The number of oxime groups is 1. The Balaban J connectivity index is 1.52. The highest BCUT2D eigenvalue weighted by Crippen LogP contribution is 2.24. The van der Waals surface area contributed by atoms with E-state index in [9.17, 15) is 14.0 Å². The van der Waals surface area contributed by atoms with Crippen molar-refractivity contribution in [3.63, 3.8) is 0 Å². The second-order valence-electron chi connectivity index (χ2n) is 7.98. The van der Waals surface area contributed by atoms with Crippen LogP contribution in [0.25, 0.3) is 5.52 Å². The quantitative estimate of drug-likeness (QED) is 0.235. The van der Waals surface area contributed by atoms with E-state index in [0.29, 0.717) is 22.4 Å². The fourth-order valence-corrected chi connectivity index (χ4v) is 3.80. The number of rotatable bonds is 7. The molecule has 172 valence electrons. The van der Waals surface area contributed by atoms with Crippen LogP contribution in [-0.4, -0.2) is 28.9 Å². The van der Waals surface area contributed by atoms with Gasteiger partial charge < -0.3 is 14.6 Å². The Bertz CT molecular complexity index is 1400. The summed E-state index contributed by atoms with van der Waals surface area (Å²) < 4.78 is 15.1. The number of fused-ring (bicyclic) bond motifs is 1. The monoisotopic (exact) mass is 457 g/mol. The standard InChI is InChI=1S/C27H24FN3O3/c1-17-7-6-8-23(18(17)2)30-25(32)16-34-29-15-22-19(3)26(31-14-5-4-9-24(22)31)27(33)20-10-12-21(28)13-11-20/h4-15H,16H2,1-3H3,(H,30,32). The molecule has 0 atom stereocenters. The molecule has 34 heavy (non-hydrogen) atoms. The second kappa shape index (κ2) is 9.70. The van der Waals surface area contributed by atoms with Gasteiger partial charge in [0.2, 0.25) is 5.78 Å². The van der Waals surface area contributed by atoms with Crippen molar-refractivity contribution in [1.29, 1.82) is 0 Å². The summed E-state index contributed by atoms with van der Waals surface area (Å²) in [5, 5.41) is 6.79. The highest BCUT2D eigenvalue weighted by atomic mass is 19.1. The molecule has 0 spiro atoms. The highest BCUT2D eigenvalue weighted by Gasteiger charge is 2.21. The summed E-state index contributed by atoms with van der Waals surface area (Å²) in [6.07, 6.45) is 3.28. The molecule has 6 nitrogen and oxygen atoms in total. The summed E-state index contributed by atoms with van der Waals surface area (Å²) >= 11 is 0. The number of nitrogens with zero attached hydrogens (tertiary/aromatic N) is 2. The van der Waals surface area contributed by atoms with E-state index < -0.39 is 5.82 Å². The van der Waals surface area contributed by atoms with Crippen molar-refractivity contribution in [2.45, 2.75) is 20.8 Å². The molecular weight excluding hydrogens is 433 g/mol. The van der Waals surface area contributed by atoms with Crippen LogP contribution in [0.1, 0.15) is 38.3 Å². The number of carbonyl (C=O) groups is 2. The molecule has 0 aliphatic carbocycles. The molecule has 4 rings (SSSR count). The lowest BCUT2D eigenvalue weighted by atomic mass is 10.0. The normalized spacial score (nSPS) is 11.2. The minimum atomic E-state index is -0.403. The smallest absolute Gasteiger partial charge is 0.265 e. The molecule has 0 fully saturated rings. The molecule has 2 aromatic carbocycles. The van der Waals surface area contributed by atoms with Gasteiger partial charge in [-0.25, -0.2) is 4.39 Å². The fraction of sp³-hybridized carbons (Fsp3) is 0.148. The van der Waals surface area contributed by atoms with Crippen LogP contribution in [0.4, 0.5) is 10.1 Å². The maximum absolute atomic E-state index is 13.3. The Hall–Kier alpha value is -4.26. The highest BCUT2D eigenvalue weighted by molar-refractivity contribution is 6.11. The van der Waals surface area contributed by atoms with Gasteiger partial charge >= 0.3 is 0 Å². The van der Waals surface area contributed by atoms with Crippen molar-refractivity contribution in [2.75, 3.05) is 11.9 Å². The van der Waals surface area contributed by atoms with Gasteiger partial charge in [0.25, 0.3) is 5.91 Å². The number of hydrogen-bond donors (Lipinski definition) is 1. The Kier molecular flexibility index (Phi) is 6.54. The van der Waals surface area contributed by atoms with Gasteiger partial charge in [-0.15, -0.1) is 0 Å². The van der Waals surface area contributed by atoms with E-state index in [1.807, 2.05) is 57.2 Å². The molecule has 2 heterocycles. The van der Waals surface area contributed by atoms with Crippen LogP contribution < -0.4 is 5.32 Å². The number of hydrogen-bond acceptors (Lipinski definition) is 4. The number of pyridine rings is 1. The van der Waals surface area contributed by atoms with Crippen molar-refractivity contribution in [3.8, 4) is 0 Å². The third kappa shape index (κ3) is 4.59. The number of aromatic nitrogens is 1. The van der Waals surface area contributed by atoms with Gasteiger partial charge in [-0.05, 0) is 79.9 Å². The van der Waals surface area contributed by atoms with Crippen molar-refractivity contribution in [1.82, 2.24) is 4.40 Å². The SMILES string of the molecule is Cc1cccc(NC(=O)CON=Cc2c(C)c(C(=O)c3ccc(F)cc3)n3ccccc23)c1C. The number of carbonyl (C=O) groups excluding carboxylic acids is 2. The van der Waals surface area contributed by atoms with Gasteiger partial charge in [0.15, 0.2) is 6.61 Å². The largest absolute Gasteiger partial charge is 0.386 e. The third-order valence-corrected chi connectivity index (χ3v) is 5.79. The Morgan fingerprint density at radius 3 is 2.53 bits per heavy atom. The summed E-state index contributed by atoms with van der Waals surface area (Å²) in [4.78, 5) is 30.7. The van der Waals surface area contributed by atoms with Crippen LogP contribution in [0.5, 0.6) is 0 Å². The van der Waals surface area contributed by atoms with Gasteiger partial charge in [-0.2, -0.15) is 0 Å². The van der Waals surface area contributed by atoms with Gasteiger partial charge in [0.05, 0.1) is 17.4 Å². The maximum atomic E-state index is 13.3. The first kappa shape index (κ1) is 22.9. The summed E-state index contributed by atoms with van der Waals surface area (Å²) in [7, 11) is 0. The number of benzene rings is 2. The predicted molar refractivity (Wildman–Crippen MR) is 130 cm³/mol. The van der Waals surface area contributed by atoms with Crippen molar-refractivity contribution < 1.29 is 18.8 Å². The average Bonchev–Trinajstić information content (AvgIpc) is 3.11. The van der Waals surface area contributed by atoms with Crippen LogP contribution in [0.2, 0.25) is 0 Å². The minimum absolute atomic E-state index is 0.229. The summed E-state index contributed by atoms with van der Waals surface area (Å²) in [6, 6.07) is 16.7. The molecule has 7 heteroatoms. The average molecular weight is 458 g/mol. The Labute approximate surface area is 196 Å². The molecule has 0 bridgehead atoms. The van der Waals surface area contributed by atoms with E-state index in [-0.39, 0.29) is 18.3 Å². The number of halogens is 1. The molecule has 4 aromatic rings. The van der Waals surface area contributed by atoms with Crippen LogP contribution in [0, 0.1) is 26.6 Å². The molecule has 0 aliphatic rings. The number of anilines is 1. The lowest BCUT2D eigenvalue weighted by molar-refractivity contribution is -0.120. The van der Waals surface area contributed by atoms with E-state index in [1.165, 1.54) is 30.5 Å². The molecule has 0 saturated heterocycles. The number of aryl methyl sites for hydroxylation is 1. The molecule has 1 amide bonds. The number of ketones is 1. The Morgan fingerprint density at radius 2 is 1.76 bits per heavy atom. The summed E-state index contributed by atoms with van der Waals surface area (Å²) in [5.74, 6) is -0.955. The van der Waals surface area contributed by atoms with Crippen LogP contribution in [0.15, 0.2) is 72.0 Å². The maximum Gasteiger partial charge on any atom is 0.265 e. The molecule has 0 unspecified atom stereocenters. The first-order valence-corrected chi connectivity index (χ1v) is 10.8. The van der Waals surface area contributed by atoms with Gasteiger partial charge in [0, 0.05) is 23.0 Å². The number of amides is 1. The van der Waals surface area contributed by atoms with Crippen LogP contribution >= 0.6 is 0 Å². The molecule has 0 saturated carbocycles. The predicted octanol–water partition coefficient (Wildman–Crippen LogP) is 5.22. The molecule has 0 radical (unpaired) electrons. The van der Waals surface area contributed by atoms with E-state index in [1.54, 1.807) is 10.6 Å². The molecule has 1 N–H and O–H groups in total. The zero-order valence-electron chi connectivity index (χ0n) is 19.1. The van der Waals surface area contributed by atoms with Crippen molar-refractivity contribution in [2.24, 2.45) is 5.16 Å². The van der Waals surface area contributed by atoms with E-state index in [2.05, 4.69) is 10.5 Å². The summed E-state index contributed by atoms with van der Waals surface area (Å²) in [5.41, 5.74) is 5.81. The van der Waals surface area contributed by atoms with Gasteiger partial charge in [0.1, 0.15) is 5.82 Å². The molecular formula is C27H24FN3O3. The van der Waals surface area contributed by atoms with E-state index >= 15 is 0 Å². The fourth-order valence-electron chi connectivity index (χ4n) is 3.80. The third-order valence-electron chi connectivity index (χ3n) is 5.79. The summed E-state index contributed by atoms with van der Waals surface area (Å²) in [6.45, 7) is 5.48. The van der Waals surface area contributed by atoms with Gasteiger partial charge in [-0.1, -0.05) is 23.4 Å². The second-order valence-corrected chi connectivity index (χ2v) is 7.98. The Morgan fingerprint density at radius 1 is 1.00 bits per heavy atom. The topological polar surface area (TPSA) is 72.2 Å². The minimum Gasteiger partial charge on any atom is -0.386 e. The zero-order chi connectivity index (χ0) is 24.2. The van der Waals surface area contributed by atoms with Gasteiger partial charge in [-0.3, -0.25) is 9.59 Å². The lowest BCUT2D eigenvalue weighted by Gasteiger charge is -2.09. The van der Waals surface area contributed by atoms with Crippen molar-refractivity contribution >= 4 is 29.1 Å². The van der Waals surface area contributed by atoms with Crippen molar-refractivity contribution in [3.05, 3.63) is 106 Å². The molecule has 2 aromatic heterocycles.